The minimum atomic E-state index is -0.0971. The van der Waals surface area contributed by atoms with Crippen molar-refractivity contribution in [2.45, 2.75) is 57.7 Å². The van der Waals surface area contributed by atoms with Crippen LogP contribution in [0, 0.1) is 5.92 Å². The minimum absolute atomic E-state index is 0.0971. The first kappa shape index (κ1) is 14.5. The number of nitrogens with zero attached hydrogens (tertiary/aromatic N) is 1. The maximum absolute atomic E-state index is 6.17. The lowest BCUT2D eigenvalue weighted by atomic mass is 9.77. The zero-order chi connectivity index (χ0) is 13.6. The van der Waals surface area contributed by atoms with Crippen molar-refractivity contribution in [1.82, 2.24) is 4.98 Å². The quantitative estimate of drug-likeness (QED) is 0.855. The third kappa shape index (κ3) is 4.02. The second kappa shape index (κ2) is 7.01. The fraction of sp³-hybridized carbons (Fsp3) is 0.688. The lowest BCUT2D eigenvalue weighted by Crippen LogP contribution is -2.43. The molecule has 106 valence electrons. The Morgan fingerprint density at radius 1 is 1.42 bits per heavy atom. The molecule has 0 saturated heterocycles. The van der Waals surface area contributed by atoms with Gasteiger partial charge in [-0.15, -0.1) is 0 Å². The van der Waals surface area contributed by atoms with Crippen LogP contribution in [0.25, 0.3) is 0 Å². The SMILES string of the molecule is CCCC1CCC(CN)(OCc2cccnc2)CC1. The first-order chi connectivity index (χ1) is 9.28. The first-order valence-electron chi connectivity index (χ1n) is 7.51. The molecule has 1 aliphatic carbocycles. The number of hydrogen-bond acceptors (Lipinski definition) is 3. The van der Waals surface area contributed by atoms with E-state index in [-0.39, 0.29) is 5.60 Å². The Balaban J connectivity index is 1.86. The standard InChI is InChI=1S/C16H26N2O/c1-2-4-14-6-8-16(13-17,9-7-14)19-12-15-5-3-10-18-11-15/h3,5,10-11,14H,2,4,6-9,12-13,17H2,1H3. The van der Waals surface area contributed by atoms with Crippen LogP contribution in [0.4, 0.5) is 0 Å². The van der Waals surface area contributed by atoms with Crippen molar-refractivity contribution >= 4 is 0 Å². The second-order valence-electron chi connectivity index (χ2n) is 5.77. The predicted octanol–water partition coefficient (Wildman–Crippen LogP) is 3.29. The highest BCUT2D eigenvalue weighted by atomic mass is 16.5. The van der Waals surface area contributed by atoms with E-state index in [4.69, 9.17) is 10.5 Å². The van der Waals surface area contributed by atoms with Gasteiger partial charge in [0.15, 0.2) is 0 Å². The molecule has 0 amide bonds. The summed E-state index contributed by atoms with van der Waals surface area (Å²) in [6.07, 6.45) is 11.0. The average Bonchev–Trinajstić information content (AvgIpc) is 2.48. The van der Waals surface area contributed by atoms with E-state index in [0.717, 1.165) is 24.3 Å². The second-order valence-corrected chi connectivity index (χ2v) is 5.77. The molecule has 1 aliphatic rings. The van der Waals surface area contributed by atoms with Gasteiger partial charge in [-0.2, -0.15) is 0 Å². The molecular weight excluding hydrogens is 236 g/mol. The van der Waals surface area contributed by atoms with Crippen LogP contribution in [0.1, 0.15) is 51.0 Å². The molecule has 1 aromatic heterocycles. The Kier molecular flexibility index (Phi) is 5.34. The van der Waals surface area contributed by atoms with E-state index >= 15 is 0 Å². The Morgan fingerprint density at radius 2 is 2.21 bits per heavy atom. The summed E-state index contributed by atoms with van der Waals surface area (Å²) in [6, 6.07) is 4.01. The highest BCUT2D eigenvalue weighted by molar-refractivity contribution is 5.07. The van der Waals surface area contributed by atoms with Crippen molar-refractivity contribution in [1.29, 1.82) is 0 Å². The maximum atomic E-state index is 6.17. The molecule has 0 bridgehead atoms. The monoisotopic (exact) mass is 262 g/mol. The summed E-state index contributed by atoms with van der Waals surface area (Å²) in [5.74, 6) is 0.881. The van der Waals surface area contributed by atoms with Crippen LogP contribution in [0.2, 0.25) is 0 Å². The molecule has 19 heavy (non-hydrogen) atoms. The van der Waals surface area contributed by atoms with E-state index in [1.54, 1.807) is 6.20 Å². The number of pyridine rings is 1. The molecule has 1 saturated carbocycles. The molecule has 2 N–H and O–H groups in total. The van der Waals surface area contributed by atoms with Crippen LogP contribution in [0.15, 0.2) is 24.5 Å². The van der Waals surface area contributed by atoms with E-state index in [2.05, 4.69) is 18.0 Å². The smallest absolute Gasteiger partial charge is 0.0808 e. The van der Waals surface area contributed by atoms with Gasteiger partial charge in [0.2, 0.25) is 0 Å². The number of rotatable bonds is 6. The predicted molar refractivity (Wildman–Crippen MR) is 77.7 cm³/mol. The normalized spacial score (nSPS) is 27.4. The molecule has 0 unspecified atom stereocenters. The van der Waals surface area contributed by atoms with Gasteiger partial charge in [-0.1, -0.05) is 25.8 Å². The van der Waals surface area contributed by atoms with E-state index in [9.17, 15) is 0 Å². The molecule has 3 heteroatoms. The third-order valence-corrected chi connectivity index (χ3v) is 4.35. The third-order valence-electron chi connectivity index (χ3n) is 4.35. The van der Waals surface area contributed by atoms with Crippen molar-refractivity contribution < 1.29 is 4.74 Å². The van der Waals surface area contributed by atoms with Gasteiger partial charge < -0.3 is 10.5 Å². The lowest BCUT2D eigenvalue weighted by molar-refractivity contribution is -0.0817. The molecule has 0 aromatic carbocycles. The summed E-state index contributed by atoms with van der Waals surface area (Å²) < 4.78 is 6.17. The van der Waals surface area contributed by atoms with Crippen molar-refractivity contribution in [3.05, 3.63) is 30.1 Å². The average molecular weight is 262 g/mol. The van der Waals surface area contributed by atoms with Gasteiger partial charge in [-0.05, 0) is 43.2 Å². The Labute approximate surface area is 116 Å². The summed E-state index contributed by atoms with van der Waals surface area (Å²) >= 11 is 0. The summed E-state index contributed by atoms with van der Waals surface area (Å²) in [4.78, 5) is 4.12. The van der Waals surface area contributed by atoms with E-state index < -0.39 is 0 Å². The van der Waals surface area contributed by atoms with Crippen LogP contribution < -0.4 is 5.73 Å². The fourth-order valence-corrected chi connectivity index (χ4v) is 3.03. The highest BCUT2D eigenvalue weighted by Crippen LogP contribution is 2.36. The topological polar surface area (TPSA) is 48.1 Å². The van der Waals surface area contributed by atoms with Gasteiger partial charge in [0, 0.05) is 18.9 Å². The molecule has 3 nitrogen and oxygen atoms in total. The van der Waals surface area contributed by atoms with Gasteiger partial charge in [0.1, 0.15) is 0 Å². The van der Waals surface area contributed by atoms with Gasteiger partial charge in [-0.3, -0.25) is 4.98 Å². The zero-order valence-electron chi connectivity index (χ0n) is 12.0. The van der Waals surface area contributed by atoms with Crippen molar-refractivity contribution in [2.24, 2.45) is 11.7 Å². The van der Waals surface area contributed by atoms with Crippen molar-refractivity contribution in [3.63, 3.8) is 0 Å². The largest absolute Gasteiger partial charge is 0.369 e. The summed E-state index contributed by atoms with van der Waals surface area (Å²) in [7, 11) is 0. The number of nitrogens with two attached hydrogens (primary N) is 1. The molecule has 1 aromatic rings. The first-order valence-corrected chi connectivity index (χ1v) is 7.51. The summed E-state index contributed by atoms with van der Waals surface area (Å²) in [5, 5.41) is 0. The molecule has 1 fully saturated rings. The highest BCUT2D eigenvalue weighted by Gasteiger charge is 2.34. The fourth-order valence-electron chi connectivity index (χ4n) is 3.03. The molecule has 0 radical (unpaired) electrons. The lowest BCUT2D eigenvalue weighted by Gasteiger charge is -2.39. The van der Waals surface area contributed by atoms with Crippen LogP contribution >= 0.6 is 0 Å². The van der Waals surface area contributed by atoms with Gasteiger partial charge in [-0.25, -0.2) is 0 Å². The van der Waals surface area contributed by atoms with E-state index in [0.29, 0.717) is 13.2 Å². The molecule has 2 rings (SSSR count). The molecular formula is C16H26N2O. The van der Waals surface area contributed by atoms with Crippen LogP contribution in [-0.4, -0.2) is 17.1 Å². The van der Waals surface area contributed by atoms with Gasteiger partial charge in [0.05, 0.1) is 12.2 Å². The zero-order valence-corrected chi connectivity index (χ0v) is 12.0. The molecule has 0 atom stereocenters. The van der Waals surface area contributed by atoms with Crippen LogP contribution in [0.3, 0.4) is 0 Å². The Hall–Kier alpha value is -0.930. The van der Waals surface area contributed by atoms with E-state index in [1.807, 2.05) is 12.3 Å². The van der Waals surface area contributed by atoms with Crippen LogP contribution in [-0.2, 0) is 11.3 Å². The maximum Gasteiger partial charge on any atom is 0.0808 e. The van der Waals surface area contributed by atoms with Gasteiger partial charge in [0.25, 0.3) is 0 Å². The molecule has 0 aliphatic heterocycles. The summed E-state index contributed by atoms with van der Waals surface area (Å²) in [6.45, 7) is 3.53. The number of aromatic nitrogens is 1. The van der Waals surface area contributed by atoms with Crippen molar-refractivity contribution in [2.75, 3.05) is 6.54 Å². The summed E-state index contributed by atoms with van der Waals surface area (Å²) in [5.41, 5.74) is 7.01. The minimum Gasteiger partial charge on any atom is -0.369 e. The van der Waals surface area contributed by atoms with E-state index in [1.165, 1.54) is 25.7 Å². The molecule has 0 spiro atoms. The number of hydrogen-bond donors (Lipinski definition) is 1. The Morgan fingerprint density at radius 3 is 2.79 bits per heavy atom. The molecule has 1 heterocycles. The number of ether oxygens (including phenoxy) is 1. The van der Waals surface area contributed by atoms with Gasteiger partial charge >= 0.3 is 0 Å². The van der Waals surface area contributed by atoms with Crippen molar-refractivity contribution in [3.8, 4) is 0 Å². The Bertz CT molecular complexity index is 358. The van der Waals surface area contributed by atoms with Crippen LogP contribution in [0.5, 0.6) is 0 Å².